The fourth-order valence-electron chi connectivity index (χ4n) is 1.87. The molecule has 0 unspecified atom stereocenters. The molecule has 6 heteroatoms. The van der Waals surface area contributed by atoms with Crippen LogP contribution in [0.25, 0.3) is 11.0 Å². The van der Waals surface area contributed by atoms with Crippen LogP contribution >= 0.6 is 15.9 Å². The zero-order chi connectivity index (χ0) is 14.8. The third kappa shape index (κ3) is 2.85. The standard InChI is InChI=1S/C15H10BrN3O2/c16-11-5-3-10(8-12(11)20)15(21)19-13-6-4-9-2-1-7-17-14(9)18-13/h1-8,20H,(H,17,18,19,21). The van der Waals surface area contributed by atoms with Gasteiger partial charge in [-0.25, -0.2) is 9.97 Å². The average molecular weight is 344 g/mol. The number of aromatic hydroxyl groups is 1. The Balaban J connectivity index is 1.87. The van der Waals surface area contributed by atoms with Gasteiger partial charge in [0.15, 0.2) is 5.65 Å². The molecule has 2 heterocycles. The summed E-state index contributed by atoms with van der Waals surface area (Å²) in [6, 6.07) is 11.9. The number of anilines is 1. The van der Waals surface area contributed by atoms with Crippen molar-refractivity contribution in [2.45, 2.75) is 0 Å². The maximum absolute atomic E-state index is 12.1. The van der Waals surface area contributed by atoms with Crippen LogP contribution in [-0.4, -0.2) is 21.0 Å². The molecular weight excluding hydrogens is 334 g/mol. The van der Waals surface area contributed by atoms with Crippen molar-refractivity contribution in [1.29, 1.82) is 0 Å². The zero-order valence-corrected chi connectivity index (χ0v) is 12.3. The molecule has 0 fully saturated rings. The van der Waals surface area contributed by atoms with Crippen LogP contribution in [0.5, 0.6) is 5.75 Å². The first-order valence-corrected chi connectivity index (χ1v) is 6.94. The third-order valence-electron chi connectivity index (χ3n) is 2.91. The highest BCUT2D eigenvalue weighted by Crippen LogP contribution is 2.24. The maximum atomic E-state index is 12.1. The van der Waals surface area contributed by atoms with Gasteiger partial charge in [0.05, 0.1) is 4.47 Å². The van der Waals surface area contributed by atoms with Crippen LogP contribution in [0.3, 0.4) is 0 Å². The molecule has 0 bridgehead atoms. The van der Waals surface area contributed by atoms with E-state index in [0.29, 0.717) is 21.5 Å². The van der Waals surface area contributed by atoms with Crippen LogP contribution in [0, 0.1) is 0 Å². The van der Waals surface area contributed by atoms with Crippen LogP contribution in [0.4, 0.5) is 5.82 Å². The normalized spacial score (nSPS) is 10.5. The van der Waals surface area contributed by atoms with Gasteiger partial charge in [0.1, 0.15) is 11.6 Å². The molecule has 0 radical (unpaired) electrons. The SMILES string of the molecule is O=C(Nc1ccc2cccnc2n1)c1ccc(Br)c(O)c1. The summed E-state index contributed by atoms with van der Waals surface area (Å²) in [7, 11) is 0. The molecule has 3 rings (SSSR count). The Hall–Kier alpha value is -2.47. The minimum Gasteiger partial charge on any atom is -0.507 e. The Morgan fingerprint density at radius 1 is 1.19 bits per heavy atom. The van der Waals surface area contributed by atoms with Gasteiger partial charge in [-0.05, 0) is 58.4 Å². The number of amides is 1. The second-order valence-electron chi connectivity index (χ2n) is 4.37. The van der Waals surface area contributed by atoms with Crippen molar-refractivity contribution in [3.63, 3.8) is 0 Å². The van der Waals surface area contributed by atoms with Gasteiger partial charge in [-0.15, -0.1) is 0 Å². The van der Waals surface area contributed by atoms with Crippen molar-refractivity contribution in [2.24, 2.45) is 0 Å². The van der Waals surface area contributed by atoms with E-state index >= 15 is 0 Å². The van der Waals surface area contributed by atoms with Gasteiger partial charge in [-0.3, -0.25) is 4.79 Å². The second-order valence-corrected chi connectivity index (χ2v) is 5.22. The molecule has 2 N–H and O–H groups in total. The Labute approximate surface area is 128 Å². The van der Waals surface area contributed by atoms with Gasteiger partial charge < -0.3 is 10.4 Å². The summed E-state index contributed by atoms with van der Waals surface area (Å²) in [5.74, 6) is 0.0741. The van der Waals surface area contributed by atoms with Crippen LogP contribution in [-0.2, 0) is 0 Å². The molecule has 0 saturated carbocycles. The summed E-state index contributed by atoms with van der Waals surface area (Å²) >= 11 is 3.17. The summed E-state index contributed by atoms with van der Waals surface area (Å²) in [6.45, 7) is 0. The predicted octanol–water partition coefficient (Wildman–Crippen LogP) is 3.35. The molecule has 3 aromatic rings. The summed E-state index contributed by atoms with van der Waals surface area (Å²) in [6.07, 6.45) is 1.65. The van der Waals surface area contributed by atoms with Crippen molar-refractivity contribution >= 4 is 38.7 Å². The molecule has 0 atom stereocenters. The molecule has 2 aromatic heterocycles. The molecule has 0 aliphatic carbocycles. The highest BCUT2D eigenvalue weighted by Gasteiger charge is 2.09. The molecule has 5 nitrogen and oxygen atoms in total. The third-order valence-corrected chi connectivity index (χ3v) is 3.58. The van der Waals surface area contributed by atoms with Gasteiger partial charge in [0, 0.05) is 17.1 Å². The van der Waals surface area contributed by atoms with Crippen molar-refractivity contribution in [3.05, 3.63) is 58.7 Å². The van der Waals surface area contributed by atoms with Crippen molar-refractivity contribution in [3.8, 4) is 5.75 Å². The summed E-state index contributed by atoms with van der Waals surface area (Å²) in [5.41, 5.74) is 0.910. The maximum Gasteiger partial charge on any atom is 0.256 e. The minimum atomic E-state index is -0.347. The van der Waals surface area contributed by atoms with Gasteiger partial charge in [0.25, 0.3) is 5.91 Å². The Morgan fingerprint density at radius 3 is 2.86 bits per heavy atom. The van der Waals surface area contributed by atoms with Crippen molar-refractivity contribution in [2.75, 3.05) is 5.32 Å². The monoisotopic (exact) mass is 343 g/mol. The van der Waals surface area contributed by atoms with Crippen LogP contribution in [0.1, 0.15) is 10.4 Å². The number of nitrogens with one attached hydrogen (secondary N) is 1. The van der Waals surface area contributed by atoms with Crippen molar-refractivity contribution in [1.82, 2.24) is 9.97 Å². The zero-order valence-electron chi connectivity index (χ0n) is 10.7. The summed E-state index contributed by atoms with van der Waals surface area (Å²) < 4.78 is 0.534. The molecule has 21 heavy (non-hydrogen) atoms. The lowest BCUT2D eigenvalue weighted by Crippen LogP contribution is -2.12. The predicted molar refractivity (Wildman–Crippen MR) is 83.3 cm³/mol. The number of rotatable bonds is 2. The summed E-state index contributed by atoms with van der Waals surface area (Å²) in [4.78, 5) is 20.5. The topological polar surface area (TPSA) is 75.1 Å². The van der Waals surface area contributed by atoms with Gasteiger partial charge >= 0.3 is 0 Å². The van der Waals surface area contributed by atoms with Gasteiger partial charge in [-0.2, -0.15) is 0 Å². The smallest absolute Gasteiger partial charge is 0.256 e. The number of carbonyl (C=O) groups excluding carboxylic acids is 1. The molecule has 0 spiro atoms. The van der Waals surface area contributed by atoms with E-state index < -0.39 is 0 Å². The number of fused-ring (bicyclic) bond motifs is 1. The Kier molecular flexibility index (Phi) is 3.53. The largest absolute Gasteiger partial charge is 0.507 e. The van der Waals surface area contributed by atoms with Gasteiger partial charge in [0.2, 0.25) is 0 Å². The molecule has 1 aromatic carbocycles. The number of hydrogen-bond donors (Lipinski definition) is 2. The van der Waals surface area contributed by atoms with Crippen LogP contribution in [0.2, 0.25) is 0 Å². The number of phenols is 1. The quantitative estimate of drug-likeness (QED) is 0.748. The van der Waals surface area contributed by atoms with E-state index in [1.54, 1.807) is 24.4 Å². The number of nitrogens with zero attached hydrogens (tertiary/aromatic N) is 2. The molecule has 1 amide bonds. The summed E-state index contributed by atoms with van der Waals surface area (Å²) in [5, 5.41) is 13.2. The van der Waals surface area contributed by atoms with E-state index in [1.165, 1.54) is 6.07 Å². The lowest BCUT2D eigenvalue weighted by atomic mass is 10.2. The first-order valence-electron chi connectivity index (χ1n) is 6.15. The number of carbonyl (C=O) groups is 1. The molecule has 0 aliphatic rings. The number of aromatic nitrogens is 2. The van der Waals surface area contributed by atoms with E-state index in [4.69, 9.17) is 0 Å². The van der Waals surface area contributed by atoms with E-state index in [-0.39, 0.29) is 11.7 Å². The number of hydrogen-bond acceptors (Lipinski definition) is 4. The van der Waals surface area contributed by atoms with E-state index in [1.807, 2.05) is 18.2 Å². The van der Waals surface area contributed by atoms with E-state index in [9.17, 15) is 9.90 Å². The van der Waals surface area contributed by atoms with Crippen LogP contribution < -0.4 is 5.32 Å². The number of benzene rings is 1. The highest BCUT2D eigenvalue weighted by atomic mass is 79.9. The number of phenolic OH excluding ortho intramolecular Hbond substituents is 1. The first-order chi connectivity index (χ1) is 10.1. The second kappa shape index (κ2) is 5.49. The van der Waals surface area contributed by atoms with Crippen molar-refractivity contribution < 1.29 is 9.90 Å². The molecule has 104 valence electrons. The number of halogens is 1. The molecule has 0 aliphatic heterocycles. The minimum absolute atomic E-state index is 0.00999. The van der Waals surface area contributed by atoms with E-state index in [0.717, 1.165) is 5.39 Å². The fraction of sp³-hybridized carbons (Fsp3) is 0. The average Bonchev–Trinajstić information content (AvgIpc) is 2.50. The number of pyridine rings is 2. The van der Waals surface area contributed by atoms with E-state index in [2.05, 4.69) is 31.2 Å². The fourth-order valence-corrected chi connectivity index (χ4v) is 2.11. The highest BCUT2D eigenvalue weighted by molar-refractivity contribution is 9.10. The first kappa shape index (κ1) is 13.5. The Morgan fingerprint density at radius 2 is 2.05 bits per heavy atom. The van der Waals surface area contributed by atoms with Gasteiger partial charge in [-0.1, -0.05) is 0 Å². The lowest BCUT2D eigenvalue weighted by Gasteiger charge is -2.06. The Bertz CT molecular complexity index is 836. The lowest BCUT2D eigenvalue weighted by molar-refractivity contribution is 0.102. The molecule has 0 saturated heterocycles. The van der Waals surface area contributed by atoms with Crippen LogP contribution in [0.15, 0.2) is 53.1 Å². The molecular formula is C15H10BrN3O2.